The number of piperidine rings is 1. The zero-order valence-electron chi connectivity index (χ0n) is 13.3. The third-order valence-corrected chi connectivity index (χ3v) is 4.79. The van der Waals surface area contributed by atoms with Gasteiger partial charge < -0.3 is 14.5 Å². The molecule has 1 heterocycles. The zero-order valence-corrected chi connectivity index (χ0v) is 13.3. The highest BCUT2D eigenvalue weighted by Gasteiger charge is 2.35. The molecule has 1 aliphatic heterocycles. The van der Waals surface area contributed by atoms with E-state index in [-0.39, 0.29) is 0 Å². The minimum absolute atomic E-state index is 0.384. The molecule has 19 heavy (non-hydrogen) atoms. The Morgan fingerprint density at radius 2 is 1.84 bits per heavy atom. The Hall–Kier alpha value is -0.120. The van der Waals surface area contributed by atoms with Crippen LogP contribution in [0.15, 0.2) is 0 Å². The average molecular weight is 268 g/mol. The van der Waals surface area contributed by atoms with Gasteiger partial charge in [-0.05, 0) is 72.1 Å². The van der Waals surface area contributed by atoms with Crippen LogP contribution in [0, 0.1) is 5.92 Å². The van der Waals surface area contributed by atoms with Crippen LogP contribution in [0.3, 0.4) is 0 Å². The Morgan fingerprint density at radius 1 is 1.21 bits per heavy atom. The molecule has 2 fully saturated rings. The van der Waals surface area contributed by atoms with E-state index in [0.29, 0.717) is 12.2 Å². The van der Waals surface area contributed by atoms with Crippen LogP contribution in [0.25, 0.3) is 0 Å². The van der Waals surface area contributed by atoms with Crippen molar-refractivity contribution >= 4 is 0 Å². The second-order valence-electron chi connectivity index (χ2n) is 6.77. The lowest BCUT2D eigenvalue weighted by atomic mass is 9.86. The molecule has 0 aromatic carbocycles. The van der Waals surface area contributed by atoms with Gasteiger partial charge in [-0.2, -0.15) is 0 Å². The van der Waals surface area contributed by atoms with Gasteiger partial charge in [-0.15, -0.1) is 0 Å². The third-order valence-electron chi connectivity index (χ3n) is 4.79. The van der Waals surface area contributed by atoms with Gasteiger partial charge in [-0.1, -0.05) is 6.92 Å². The molecule has 0 radical (unpaired) electrons. The Balaban J connectivity index is 1.70. The Kier molecular flexibility index (Phi) is 5.67. The predicted octanol–water partition coefficient (Wildman–Crippen LogP) is 2.61. The molecular weight excluding hydrogens is 236 g/mol. The fourth-order valence-electron chi connectivity index (χ4n) is 3.44. The molecule has 0 unspecified atom stereocenters. The fourth-order valence-corrected chi connectivity index (χ4v) is 3.44. The highest BCUT2D eigenvalue weighted by atomic mass is 16.5. The van der Waals surface area contributed by atoms with Crippen molar-refractivity contribution in [2.75, 3.05) is 33.2 Å². The maximum Gasteiger partial charge on any atom is 0.0608 e. The van der Waals surface area contributed by atoms with Gasteiger partial charge in [0, 0.05) is 12.6 Å². The molecule has 0 atom stereocenters. The molecule has 0 bridgehead atoms. The second-order valence-corrected chi connectivity index (χ2v) is 6.77. The lowest BCUT2D eigenvalue weighted by Gasteiger charge is -2.44. The summed E-state index contributed by atoms with van der Waals surface area (Å²) in [6, 6.07) is 0.786. The van der Waals surface area contributed by atoms with Gasteiger partial charge in [0.15, 0.2) is 0 Å². The van der Waals surface area contributed by atoms with Gasteiger partial charge in [-0.25, -0.2) is 0 Å². The summed E-state index contributed by atoms with van der Waals surface area (Å²) >= 11 is 0. The Morgan fingerprint density at radius 3 is 2.37 bits per heavy atom. The van der Waals surface area contributed by atoms with Gasteiger partial charge >= 0.3 is 0 Å². The van der Waals surface area contributed by atoms with Crippen LogP contribution in [-0.4, -0.2) is 61.3 Å². The summed E-state index contributed by atoms with van der Waals surface area (Å²) in [5.41, 5.74) is 0. The molecule has 0 spiro atoms. The van der Waals surface area contributed by atoms with Crippen LogP contribution < -0.4 is 0 Å². The standard InChI is InChI=1S/C16H32N2O/c1-5-18(12-14-6-8-17(4)9-7-14)15-10-16(11-15)19-13(2)3/h13-16H,5-12H2,1-4H3. The van der Waals surface area contributed by atoms with E-state index in [2.05, 4.69) is 37.6 Å². The summed E-state index contributed by atoms with van der Waals surface area (Å²) in [7, 11) is 2.24. The summed E-state index contributed by atoms with van der Waals surface area (Å²) in [5, 5.41) is 0. The van der Waals surface area contributed by atoms with Crippen molar-refractivity contribution in [3.63, 3.8) is 0 Å². The highest BCUT2D eigenvalue weighted by molar-refractivity contribution is 4.89. The van der Waals surface area contributed by atoms with E-state index in [1.54, 1.807) is 0 Å². The van der Waals surface area contributed by atoms with Crippen molar-refractivity contribution in [2.24, 2.45) is 5.92 Å². The molecule has 3 nitrogen and oxygen atoms in total. The van der Waals surface area contributed by atoms with Gasteiger partial charge in [0.05, 0.1) is 12.2 Å². The molecule has 112 valence electrons. The summed E-state index contributed by atoms with van der Waals surface area (Å²) in [6.07, 6.45) is 6.17. The molecule has 1 aliphatic carbocycles. The quantitative estimate of drug-likeness (QED) is 0.736. The summed E-state index contributed by atoms with van der Waals surface area (Å²) in [4.78, 5) is 5.17. The topological polar surface area (TPSA) is 15.7 Å². The van der Waals surface area contributed by atoms with E-state index in [9.17, 15) is 0 Å². The third kappa shape index (κ3) is 4.44. The van der Waals surface area contributed by atoms with E-state index in [1.165, 1.54) is 51.9 Å². The molecule has 0 aromatic rings. The van der Waals surface area contributed by atoms with Crippen LogP contribution >= 0.6 is 0 Å². The zero-order chi connectivity index (χ0) is 13.8. The van der Waals surface area contributed by atoms with Crippen molar-refractivity contribution < 1.29 is 4.74 Å². The molecule has 0 amide bonds. The van der Waals surface area contributed by atoms with Gasteiger partial charge in [0.2, 0.25) is 0 Å². The first-order chi connectivity index (χ1) is 9.08. The van der Waals surface area contributed by atoms with Gasteiger partial charge in [0.25, 0.3) is 0 Å². The minimum atomic E-state index is 0.384. The van der Waals surface area contributed by atoms with Crippen molar-refractivity contribution in [1.29, 1.82) is 0 Å². The van der Waals surface area contributed by atoms with Crippen LogP contribution in [0.5, 0.6) is 0 Å². The fraction of sp³-hybridized carbons (Fsp3) is 1.00. The maximum atomic E-state index is 5.88. The van der Waals surface area contributed by atoms with E-state index >= 15 is 0 Å². The van der Waals surface area contributed by atoms with Crippen LogP contribution in [-0.2, 0) is 4.74 Å². The molecule has 0 N–H and O–H groups in total. The van der Waals surface area contributed by atoms with Gasteiger partial charge in [-0.3, -0.25) is 0 Å². The largest absolute Gasteiger partial charge is 0.375 e. The number of rotatable bonds is 6. The van der Waals surface area contributed by atoms with Crippen LogP contribution in [0.1, 0.15) is 46.5 Å². The summed E-state index contributed by atoms with van der Waals surface area (Å²) < 4.78 is 5.88. The highest BCUT2D eigenvalue weighted by Crippen LogP contribution is 2.30. The second kappa shape index (κ2) is 7.05. The van der Waals surface area contributed by atoms with Crippen LogP contribution in [0.2, 0.25) is 0 Å². The van der Waals surface area contributed by atoms with Crippen molar-refractivity contribution in [3.8, 4) is 0 Å². The number of hydrogen-bond donors (Lipinski definition) is 0. The first-order valence-electron chi connectivity index (χ1n) is 8.16. The minimum Gasteiger partial charge on any atom is -0.375 e. The number of hydrogen-bond acceptors (Lipinski definition) is 3. The molecular formula is C16H32N2O. The van der Waals surface area contributed by atoms with Crippen LogP contribution in [0.4, 0.5) is 0 Å². The first kappa shape index (κ1) is 15.3. The summed E-state index contributed by atoms with van der Waals surface area (Å²) in [5.74, 6) is 0.918. The first-order valence-corrected chi connectivity index (χ1v) is 8.16. The van der Waals surface area contributed by atoms with Crippen molar-refractivity contribution in [1.82, 2.24) is 9.80 Å². The molecule has 3 heteroatoms. The smallest absolute Gasteiger partial charge is 0.0608 e. The predicted molar refractivity (Wildman–Crippen MR) is 80.5 cm³/mol. The molecule has 1 saturated carbocycles. The Labute approximate surface area is 119 Å². The molecule has 2 rings (SSSR count). The van der Waals surface area contributed by atoms with E-state index in [0.717, 1.165) is 12.0 Å². The molecule has 1 saturated heterocycles. The summed E-state index contributed by atoms with van der Waals surface area (Å²) in [6.45, 7) is 11.7. The van der Waals surface area contributed by atoms with E-state index in [4.69, 9.17) is 4.74 Å². The van der Waals surface area contributed by atoms with E-state index < -0.39 is 0 Å². The lowest BCUT2D eigenvalue weighted by Crippen LogP contribution is -2.50. The molecule has 2 aliphatic rings. The number of likely N-dealkylation sites (tertiary alicyclic amines) is 1. The number of nitrogens with zero attached hydrogens (tertiary/aromatic N) is 2. The number of ether oxygens (including phenoxy) is 1. The monoisotopic (exact) mass is 268 g/mol. The van der Waals surface area contributed by atoms with E-state index in [1.807, 2.05) is 0 Å². The Bertz CT molecular complexity index is 255. The maximum absolute atomic E-state index is 5.88. The lowest BCUT2D eigenvalue weighted by molar-refractivity contribution is -0.0789. The normalized spacial score (nSPS) is 30.0. The van der Waals surface area contributed by atoms with Crippen molar-refractivity contribution in [2.45, 2.75) is 64.7 Å². The average Bonchev–Trinajstić information content (AvgIpc) is 2.33. The van der Waals surface area contributed by atoms with Gasteiger partial charge in [0.1, 0.15) is 0 Å². The van der Waals surface area contributed by atoms with Crippen molar-refractivity contribution in [3.05, 3.63) is 0 Å². The molecule has 0 aromatic heterocycles. The SMILES string of the molecule is CCN(CC1CCN(C)CC1)C1CC(OC(C)C)C1.